The lowest BCUT2D eigenvalue weighted by Crippen LogP contribution is -2.44. The number of rotatable bonds is 2. The third-order valence-corrected chi connectivity index (χ3v) is 3.54. The van der Waals surface area contributed by atoms with Crippen molar-refractivity contribution < 1.29 is 14.1 Å². The van der Waals surface area contributed by atoms with Gasteiger partial charge >= 0.3 is 11.8 Å². The number of anilines is 1. The Labute approximate surface area is 120 Å². The first-order valence-electron chi connectivity index (χ1n) is 6.76. The molecule has 2 aromatic heterocycles. The molecule has 0 saturated carbocycles. The second-order valence-corrected chi connectivity index (χ2v) is 4.88. The molecule has 8 nitrogen and oxygen atoms in total. The Morgan fingerprint density at radius 1 is 1.43 bits per heavy atom. The summed E-state index contributed by atoms with van der Waals surface area (Å²) >= 11 is 0. The Bertz CT molecular complexity index is 608. The van der Waals surface area contributed by atoms with E-state index in [0.717, 1.165) is 24.8 Å². The molecule has 0 aliphatic carbocycles. The standard InChI is InChI=1S/C13H15N5O3/c19-12(16-11-4-6-21-17-11)13(20)18-5-2-1-3-10(18)9-7-14-15-8-9/h4,6-8,10H,1-3,5H2,(H,14,15)(H,16,17,19)/t10-/m1/s1. The molecule has 21 heavy (non-hydrogen) atoms. The first-order chi connectivity index (χ1) is 10.3. The molecule has 2 aromatic rings. The minimum absolute atomic E-state index is 0.118. The highest BCUT2D eigenvalue weighted by Gasteiger charge is 2.32. The Morgan fingerprint density at radius 2 is 2.33 bits per heavy atom. The van der Waals surface area contributed by atoms with Crippen LogP contribution in [0.25, 0.3) is 0 Å². The van der Waals surface area contributed by atoms with Gasteiger partial charge in [0.05, 0.1) is 12.2 Å². The van der Waals surface area contributed by atoms with Crippen LogP contribution in [0.3, 0.4) is 0 Å². The minimum atomic E-state index is -0.709. The van der Waals surface area contributed by atoms with E-state index in [9.17, 15) is 9.59 Å². The summed E-state index contributed by atoms with van der Waals surface area (Å²) in [7, 11) is 0. The van der Waals surface area contributed by atoms with Gasteiger partial charge in [-0.15, -0.1) is 0 Å². The van der Waals surface area contributed by atoms with Crippen molar-refractivity contribution in [3.8, 4) is 0 Å². The molecule has 1 aliphatic heterocycles. The first-order valence-corrected chi connectivity index (χ1v) is 6.76. The number of amides is 2. The number of piperidine rings is 1. The summed E-state index contributed by atoms with van der Waals surface area (Å²) in [6, 6.07) is 1.36. The molecule has 1 atom stereocenters. The summed E-state index contributed by atoms with van der Waals surface area (Å²) in [5.41, 5.74) is 0.914. The average molecular weight is 289 g/mol. The van der Waals surface area contributed by atoms with Crippen LogP contribution in [0.4, 0.5) is 5.82 Å². The Kier molecular flexibility index (Phi) is 3.67. The number of nitrogens with zero attached hydrogens (tertiary/aromatic N) is 3. The van der Waals surface area contributed by atoms with Crippen LogP contribution in [0.1, 0.15) is 30.9 Å². The van der Waals surface area contributed by atoms with Gasteiger partial charge in [0.25, 0.3) is 0 Å². The van der Waals surface area contributed by atoms with Gasteiger partial charge in [0.1, 0.15) is 6.26 Å². The predicted molar refractivity (Wildman–Crippen MR) is 72.0 cm³/mol. The van der Waals surface area contributed by atoms with Crippen LogP contribution < -0.4 is 5.32 Å². The fourth-order valence-electron chi connectivity index (χ4n) is 2.54. The van der Waals surface area contributed by atoms with E-state index in [0.29, 0.717) is 6.54 Å². The maximum absolute atomic E-state index is 12.4. The van der Waals surface area contributed by atoms with E-state index in [2.05, 4.69) is 25.2 Å². The van der Waals surface area contributed by atoms with Crippen molar-refractivity contribution in [1.29, 1.82) is 0 Å². The number of hydrogen-bond donors (Lipinski definition) is 2. The third-order valence-electron chi connectivity index (χ3n) is 3.54. The maximum atomic E-state index is 12.4. The highest BCUT2D eigenvalue weighted by atomic mass is 16.5. The summed E-state index contributed by atoms with van der Waals surface area (Å²) in [4.78, 5) is 26.0. The number of nitrogens with one attached hydrogen (secondary N) is 2. The summed E-state index contributed by atoms with van der Waals surface area (Å²) in [5.74, 6) is -1.05. The number of likely N-dealkylation sites (tertiary alicyclic amines) is 1. The van der Waals surface area contributed by atoms with Gasteiger partial charge in [-0.05, 0) is 19.3 Å². The summed E-state index contributed by atoms with van der Waals surface area (Å²) < 4.78 is 4.62. The summed E-state index contributed by atoms with van der Waals surface area (Å²) in [5, 5.41) is 12.6. The molecular formula is C13H15N5O3. The fraction of sp³-hybridized carbons (Fsp3) is 0.385. The molecule has 1 fully saturated rings. The highest BCUT2D eigenvalue weighted by Crippen LogP contribution is 2.30. The molecule has 8 heteroatoms. The van der Waals surface area contributed by atoms with Crippen molar-refractivity contribution in [2.45, 2.75) is 25.3 Å². The quantitative estimate of drug-likeness (QED) is 0.805. The number of hydrogen-bond acceptors (Lipinski definition) is 5. The fourth-order valence-corrected chi connectivity index (χ4v) is 2.54. The van der Waals surface area contributed by atoms with Crippen LogP contribution in [-0.4, -0.2) is 38.6 Å². The first kappa shape index (κ1) is 13.3. The average Bonchev–Trinajstić information content (AvgIpc) is 3.19. The lowest BCUT2D eigenvalue weighted by molar-refractivity contribution is -0.145. The molecule has 0 spiro atoms. The van der Waals surface area contributed by atoms with E-state index in [1.165, 1.54) is 12.3 Å². The molecule has 0 bridgehead atoms. The van der Waals surface area contributed by atoms with Gasteiger partial charge in [0, 0.05) is 24.4 Å². The van der Waals surface area contributed by atoms with Crippen molar-refractivity contribution in [2.75, 3.05) is 11.9 Å². The molecule has 0 aromatic carbocycles. The summed E-state index contributed by atoms with van der Waals surface area (Å²) in [6.45, 7) is 0.556. The van der Waals surface area contributed by atoms with Gasteiger partial charge < -0.3 is 9.42 Å². The Balaban J connectivity index is 1.73. The predicted octanol–water partition coefficient (Wildman–Crippen LogP) is 1.09. The van der Waals surface area contributed by atoms with Crippen molar-refractivity contribution >= 4 is 17.6 Å². The van der Waals surface area contributed by atoms with E-state index in [1.807, 2.05) is 0 Å². The lowest BCUT2D eigenvalue weighted by Gasteiger charge is -2.34. The van der Waals surface area contributed by atoms with Gasteiger partial charge in [-0.2, -0.15) is 5.10 Å². The minimum Gasteiger partial charge on any atom is -0.363 e. The highest BCUT2D eigenvalue weighted by molar-refractivity contribution is 6.39. The number of carbonyl (C=O) groups is 2. The van der Waals surface area contributed by atoms with Gasteiger partial charge in [-0.25, -0.2) is 0 Å². The molecule has 3 rings (SSSR count). The van der Waals surface area contributed by atoms with Crippen LogP contribution in [0.15, 0.2) is 29.2 Å². The molecule has 2 N–H and O–H groups in total. The maximum Gasteiger partial charge on any atom is 0.315 e. The molecule has 0 unspecified atom stereocenters. The second kappa shape index (κ2) is 5.78. The lowest BCUT2D eigenvalue weighted by atomic mass is 9.97. The normalized spacial score (nSPS) is 18.5. The van der Waals surface area contributed by atoms with Crippen molar-refractivity contribution in [2.24, 2.45) is 0 Å². The third kappa shape index (κ3) is 2.78. The van der Waals surface area contributed by atoms with Crippen LogP contribution in [0.5, 0.6) is 0 Å². The van der Waals surface area contributed by atoms with Crippen LogP contribution in [-0.2, 0) is 9.59 Å². The van der Waals surface area contributed by atoms with Crippen LogP contribution in [0.2, 0.25) is 0 Å². The van der Waals surface area contributed by atoms with E-state index >= 15 is 0 Å². The summed E-state index contributed by atoms with van der Waals surface area (Å²) in [6.07, 6.45) is 7.50. The van der Waals surface area contributed by atoms with E-state index in [1.54, 1.807) is 17.3 Å². The van der Waals surface area contributed by atoms with Crippen molar-refractivity contribution in [3.63, 3.8) is 0 Å². The van der Waals surface area contributed by atoms with Gasteiger partial charge in [-0.1, -0.05) is 5.16 Å². The zero-order valence-electron chi connectivity index (χ0n) is 11.3. The van der Waals surface area contributed by atoms with Gasteiger partial charge in [0.15, 0.2) is 5.82 Å². The number of aromatic nitrogens is 3. The number of H-pyrrole nitrogens is 1. The molecule has 110 valence electrons. The topological polar surface area (TPSA) is 104 Å². The monoisotopic (exact) mass is 289 g/mol. The Morgan fingerprint density at radius 3 is 3.05 bits per heavy atom. The zero-order valence-corrected chi connectivity index (χ0v) is 11.3. The van der Waals surface area contributed by atoms with Crippen LogP contribution >= 0.6 is 0 Å². The van der Waals surface area contributed by atoms with Crippen molar-refractivity contribution in [1.82, 2.24) is 20.3 Å². The molecule has 1 saturated heterocycles. The van der Waals surface area contributed by atoms with Gasteiger partial charge in [0.2, 0.25) is 0 Å². The molecular weight excluding hydrogens is 274 g/mol. The number of aromatic amines is 1. The molecule has 0 radical (unpaired) electrons. The molecule has 3 heterocycles. The van der Waals surface area contributed by atoms with E-state index < -0.39 is 11.8 Å². The van der Waals surface area contributed by atoms with Crippen LogP contribution in [0, 0.1) is 0 Å². The van der Waals surface area contributed by atoms with Gasteiger partial charge in [-0.3, -0.25) is 20.0 Å². The zero-order chi connectivity index (χ0) is 14.7. The number of carbonyl (C=O) groups excluding carboxylic acids is 2. The second-order valence-electron chi connectivity index (χ2n) is 4.88. The Hall–Kier alpha value is -2.64. The SMILES string of the molecule is O=C(Nc1ccon1)C(=O)N1CCCC[C@@H]1c1cn[nH]c1. The molecule has 1 aliphatic rings. The molecule has 2 amide bonds. The van der Waals surface area contributed by atoms with Crippen molar-refractivity contribution in [3.05, 3.63) is 30.3 Å². The van der Waals surface area contributed by atoms with E-state index in [4.69, 9.17) is 0 Å². The van der Waals surface area contributed by atoms with E-state index in [-0.39, 0.29) is 11.9 Å². The smallest absolute Gasteiger partial charge is 0.315 e. The largest absolute Gasteiger partial charge is 0.363 e.